The van der Waals surface area contributed by atoms with E-state index < -0.39 is 5.92 Å². The highest BCUT2D eigenvalue weighted by Crippen LogP contribution is 2.29. The largest absolute Gasteiger partial charge is 0.355 e. The first kappa shape index (κ1) is 21.4. The van der Waals surface area contributed by atoms with Gasteiger partial charge in [-0.15, -0.1) is 11.5 Å². The monoisotopic (exact) mass is 426 g/mol. The third-order valence-electron chi connectivity index (χ3n) is 5.61. The molecule has 2 aromatic carbocycles. The van der Waals surface area contributed by atoms with E-state index in [0.717, 1.165) is 35.3 Å². The average molecular weight is 427 g/mol. The first-order valence-electron chi connectivity index (χ1n) is 10.8. The van der Waals surface area contributed by atoms with Crippen LogP contribution in [0.2, 0.25) is 0 Å². The van der Waals surface area contributed by atoms with Gasteiger partial charge in [-0.3, -0.25) is 9.59 Å². The van der Waals surface area contributed by atoms with Gasteiger partial charge in [0.1, 0.15) is 0 Å². The van der Waals surface area contributed by atoms with Gasteiger partial charge >= 0.3 is 0 Å². The maximum absolute atomic E-state index is 12.7. The molecule has 1 aliphatic rings. The van der Waals surface area contributed by atoms with Crippen LogP contribution in [0, 0.1) is 25.2 Å². The van der Waals surface area contributed by atoms with Gasteiger partial charge in [-0.05, 0) is 42.7 Å². The van der Waals surface area contributed by atoms with Crippen molar-refractivity contribution in [2.24, 2.45) is 5.92 Å². The van der Waals surface area contributed by atoms with Crippen LogP contribution >= 0.6 is 0 Å². The van der Waals surface area contributed by atoms with Gasteiger partial charge in [0, 0.05) is 24.6 Å². The van der Waals surface area contributed by atoms with Crippen LogP contribution in [0.15, 0.2) is 48.5 Å². The Morgan fingerprint density at radius 1 is 1.28 bits per heavy atom. The number of carbonyl (C=O) groups excluding carboxylic acids is 2. The number of anilines is 1. The molecule has 2 amide bonds. The minimum atomic E-state index is -0.399. The van der Waals surface area contributed by atoms with Crippen molar-refractivity contribution in [2.45, 2.75) is 33.1 Å². The lowest BCUT2D eigenvalue weighted by Gasteiger charge is -2.11. The molecule has 6 nitrogen and oxygen atoms in total. The van der Waals surface area contributed by atoms with Crippen molar-refractivity contribution in [2.75, 3.05) is 11.9 Å². The smallest absolute Gasteiger partial charge is 0.230 e. The molecular weight excluding hydrogens is 400 g/mol. The van der Waals surface area contributed by atoms with E-state index in [9.17, 15) is 9.59 Å². The van der Waals surface area contributed by atoms with Crippen molar-refractivity contribution in [1.29, 1.82) is 0 Å². The summed E-state index contributed by atoms with van der Waals surface area (Å²) in [5.74, 6) is 2.43. The molecule has 2 N–H and O–H groups in total. The fourth-order valence-electron chi connectivity index (χ4n) is 3.96. The summed E-state index contributed by atoms with van der Waals surface area (Å²) < 4.78 is 1.79. The molecule has 1 aliphatic heterocycles. The van der Waals surface area contributed by atoms with Gasteiger partial charge in [0.25, 0.3) is 0 Å². The lowest BCUT2D eigenvalue weighted by Crippen LogP contribution is -2.24. The Morgan fingerprint density at radius 2 is 2.12 bits per heavy atom. The van der Waals surface area contributed by atoms with E-state index >= 15 is 0 Å². The molecule has 0 spiro atoms. The van der Waals surface area contributed by atoms with Gasteiger partial charge in [0.2, 0.25) is 11.8 Å². The molecule has 0 radical (unpaired) electrons. The van der Waals surface area contributed by atoms with E-state index in [1.807, 2.05) is 43.3 Å². The van der Waals surface area contributed by atoms with E-state index in [1.165, 1.54) is 5.56 Å². The summed E-state index contributed by atoms with van der Waals surface area (Å²) in [4.78, 5) is 24.2. The lowest BCUT2D eigenvalue weighted by atomic mass is 10.0. The van der Waals surface area contributed by atoms with Crippen molar-refractivity contribution in [3.05, 3.63) is 65.2 Å². The van der Waals surface area contributed by atoms with Crippen molar-refractivity contribution < 1.29 is 9.59 Å². The van der Waals surface area contributed by atoms with Gasteiger partial charge in [-0.2, -0.15) is 0 Å². The molecule has 3 aromatic rings. The number of benzene rings is 2. The molecule has 1 aromatic heterocycles. The number of nitrogens with zero attached hydrogens (tertiary/aromatic N) is 2. The van der Waals surface area contributed by atoms with Crippen LogP contribution < -0.4 is 10.6 Å². The first-order chi connectivity index (χ1) is 15.5. The quantitative estimate of drug-likeness (QED) is 0.588. The fourth-order valence-corrected chi connectivity index (χ4v) is 3.96. The first-order valence-corrected chi connectivity index (χ1v) is 10.8. The second-order valence-electron chi connectivity index (χ2n) is 8.14. The molecule has 1 saturated heterocycles. The second-order valence-corrected chi connectivity index (χ2v) is 8.14. The molecule has 1 fully saturated rings. The van der Waals surface area contributed by atoms with Crippen LogP contribution in [0.5, 0.6) is 0 Å². The molecule has 6 heteroatoms. The lowest BCUT2D eigenvalue weighted by molar-refractivity contribution is -0.123. The van der Waals surface area contributed by atoms with Crippen LogP contribution in [0.3, 0.4) is 0 Å². The van der Waals surface area contributed by atoms with E-state index in [1.54, 1.807) is 4.68 Å². The van der Waals surface area contributed by atoms with Crippen molar-refractivity contribution in [3.63, 3.8) is 0 Å². The number of nitrogens with one attached hydrogen (secondary N) is 2. The Labute approximate surface area is 188 Å². The van der Waals surface area contributed by atoms with Gasteiger partial charge in [-0.25, -0.2) is 4.68 Å². The Bertz CT molecular complexity index is 1220. The van der Waals surface area contributed by atoms with E-state index in [0.29, 0.717) is 17.9 Å². The summed E-state index contributed by atoms with van der Waals surface area (Å²) in [5, 5.41) is 10.3. The predicted octanol–water partition coefficient (Wildman–Crippen LogP) is 3.86. The predicted molar refractivity (Wildman–Crippen MR) is 125 cm³/mol. The summed E-state index contributed by atoms with van der Waals surface area (Å²) in [7, 11) is 0. The zero-order chi connectivity index (χ0) is 22.7. The fraction of sp³-hybridized carbons (Fsp3) is 0.269. The van der Waals surface area contributed by atoms with E-state index in [-0.39, 0.29) is 18.2 Å². The van der Waals surface area contributed by atoms with E-state index in [2.05, 4.69) is 35.6 Å². The number of aryl methyl sites for hydroxylation is 2. The van der Waals surface area contributed by atoms with Crippen LogP contribution in [-0.4, -0.2) is 28.1 Å². The summed E-state index contributed by atoms with van der Waals surface area (Å²) in [5.41, 5.74) is 5.61. The highest BCUT2D eigenvalue weighted by molar-refractivity contribution is 5.97. The van der Waals surface area contributed by atoms with Crippen molar-refractivity contribution in [3.8, 4) is 29.3 Å². The zero-order valence-electron chi connectivity index (χ0n) is 18.3. The molecule has 0 saturated carbocycles. The van der Waals surface area contributed by atoms with Gasteiger partial charge in [0.05, 0.1) is 22.9 Å². The summed E-state index contributed by atoms with van der Waals surface area (Å²) in [6, 6.07) is 16.0. The number of terminal acetylenes is 1. The van der Waals surface area contributed by atoms with Crippen molar-refractivity contribution in [1.82, 2.24) is 15.1 Å². The number of hydrogen-bond acceptors (Lipinski definition) is 3. The third-order valence-corrected chi connectivity index (χ3v) is 5.61. The molecule has 32 heavy (non-hydrogen) atoms. The Hall–Kier alpha value is -3.85. The normalized spacial score (nSPS) is 15.3. The topological polar surface area (TPSA) is 76.0 Å². The summed E-state index contributed by atoms with van der Waals surface area (Å²) in [6.45, 7) is 4.50. The maximum Gasteiger partial charge on any atom is 0.230 e. The highest BCUT2D eigenvalue weighted by Gasteiger charge is 2.28. The number of rotatable bonds is 6. The van der Waals surface area contributed by atoms with Crippen LogP contribution in [0.4, 0.5) is 5.82 Å². The van der Waals surface area contributed by atoms with Crippen LogP contribution in [0.25, 0.3) is 16.9 Å². The molecule has 0 unspecified atom stereocenters. The second kappa shape index (κ2) is 9.11. The molecule has 0 bridgehead atoms. The number of aromatic nitrogens is 2. The molecule has 4 rings (SSSR count). The maximum atomic E-state index is 12.7. The Balaban J connectivity index is 1.78. The average Bonchev–Trinajstić information content (AvgIpc) is 3.40. The number of hydrogen-bond donors (Lipinski definition) is 2. The SMILES string of the molecule is C#Cc1ccc(C)cc1-n1nc(NC(=O)[C@@H]2CNC(=O)C2)cc1-c1cccc(CCC)c1. The van der Waals surface area contributed by atoms with Gasteiger partial charge < -0.3 is 10.6 Å². The molecule has 162 valence electrons. The zero-order valence-corrected chi connectivity index (χ0v) is 18.3. The minimum Gasteiger partial charge on any atom is -0.355 e. The van der Waals surface area contributed by atoms with Gasteiger partial charge in [-0.1, -0.05) is 43.5 Å². The van der Waals surface area contributed by atoms with Crippen LogP contribution in [-0.2, 0) is 16.0 Å². The molecule has 1 atom stereocenters. The Kier molecular flexibility index (Phi) is 6.09. The summed E-state index contributed by atoms with van der Waals surface area (Å²) in [6.07, 6.45) is 8.00. The minimum absolute atomic E-state index is 0.109. The Morgan fingerprint density at radius 3 is 2.84 bits per heavy atom. The highest BCUT2D eigenvalue weighted by atomic mass is 16.2. The molecule has 0 aliphatic carbocycles. The standard InChI is InChI=1S/C26H26N4O2/c1-4-7-18-8-6-9-20(13-18)23-15-24(28-26(32)21-14-25(31)27-16-21)29-30(23)22-12-17(3)10-11-19(22)5-2/h2,6,8-13,15,21H,4,7,14,16H2,1,3H3,(H,27,31)(H,28,29,32)/t21-/m0/s1. The number of amides is 2. The molecule has 2 heterocycles. The third kappa shape index (κ3) is 4.42. The van der Waals surface area contributed by atoms with Crippen molar-refractivity contribution >= 4 is 17.6 Å². The number of carbonyl (C=O) groups is 2. The summed E-state index contributed by atoms with van der Waals surface area (Å²) >= 11 is 0. The van der Waals surface area contributed by atoms with E-state index in [4.69, 9.17) is 11.5 Å². The van der Waals surface area contributed by atoms with Crippen LogP contribution in [0.1, 0.15) is 36.5 Å². The van der Waals surface area contributed by atoms with Gasteiger partial charge in [0.15, 0.2) is 5.82 Å². The molecular formula is C26H26N4O2.